The van der Waals surface area contributed by atoms with Crippen molar-refractivity contribution in [3.63, 3.8) is 0 Å². The van der Waals surface area contributed by atoms with Crippen molar-refractivity contribution in [1.29, 1.82) is 0 Å². The van der Waals surface area contributed by atoms with E-state index in [-0.39, 0.29) is 5.60 Å². The minimum absolute atomic E-state index is 0.0344. The van der Waals surface area contributed by atoms with Gasteiger partial charge in [0, 0.05) is 18.5 Å². The first kappa shape index (κ1) is 14.0. The lowest BCUT2D eigenvalue weighted by atomic mass is 9.80. The van der Waals surface area contributed by atoms with E-state index in [0.717, 1.165) is 41.8 Å². The van der Waals surface area contributed by atoms with Gasteiger partial charge in [0.25, 0.3) is 0 Å². The maximum absolute atomic E-state index is 6.02. The third kappa shape index (κ3) is 2.50. The fourth-order valence-corrected chi connectivity index (χ4v) is 3.71. The van der Waals surface area contributed by atoms with Crippen LogP contribution in [0.25, 0.3) is 10.2 Å². The molecule has 6 heteroatoms. The molecule has 1 fully saturated rings. The number of thiophene rings is 1. The highest BCUT2D eigenvalue weighted by atomic mass is 35.5. The number of aromatic nitrogens is 2. The molecule has 0 bridgehead atoms. The van der Waals surface area contributed by atoms with Gasteiger partial charge < -0.3 is 10.1 Å². The number of rotatable bonds is 5. The van der Waals surface area contributed by atoms with E-state index in [0.29, 0.717) is 5.28 Å². The molecule has 108 valence electrons. The largest absolute Gasteiger partial charge is 0.376 e. The highest BCUT2D eigenvalue weighted by molar-refractivity contribution is 7.18. The lowest BCUT2D eigenvalue weighted by Gasteiger charge is -2.40. The SMILES string of the molecule is CCc1cc2c(NCC3(OC)CCC3)nc(Cl)nc2s1. The van der Waals surface area contributed by atoms with Crippen LogP contribution < -0.4 is 5.32 Å². The van der Waals surface area contributed by atoms with E-state index in [1.54, 1.807) is 18.4 Å². The molecule has 3 rings (SSSR count). The lowest BCUT2D eigenvalue weighted by molar-refractivity contribution is -0.0601. The second-order valence-electron chi connectivity index (χ2n) is 5.22. The molecule has 0 radical (unpaired) electrons. The van der Waals surface area contributed by atoms with Crippen molar-refractivity contribution in [3.8, 4) is 0 Å². The summed E-state index contributed by atoms with van der Waals surface area (Å²) in [4.78, 5) is 10.9. The van der Waals surface area contributed by atoms with E-state index in [4.69, 9.17) is 16.3 Å². The van der Waals surface area contributed by atoms with Gasteiger partial charge in [-0.25, -0.2) is 9.97 Å². The zero-order chi connectivity index (χ0) is 14.2. The zero-order valence-corrected chi connectivity index (χ0v) is 13.3. The summed E-state index contributed by atoms with van der Waals surface area (Å²) in [5.41, 5.74) is -0.0344. The molecular formula is C14H18ClN3OS. The van der Waals surface area contributed by atoms with E-state index in [1.807, 2.05) is 0 Å². The first-order chi connectivity index (χ1) is 9.65. The number of nitrogens with one attached hydrogen (secondary N) is 1. The van der Waals surface area contributed by atoms with Crippen LogP contribution in [0.15, 0.2) is 6.07 Å². The predicted octanol–water partition coefficient (Wildman–Crippen LogP) is 3.89. The number of halogens is 1. The third-order valence-corrected chi connectivity index (χ3v) is 5.38. The number of hydrogen-bond acceptors (Lipinski definition) is 5. The first-order valence-electron chi connectivity index (χ1n) is 6.91. The van der Waals surface area contributed by atoms with Crippen molar-refractivity contribution >= 4 is 39.0 Å². The Morgan fingerprint density at radius 1 is 1.45 bits per heavy atom. The number of ether oxygens (including phenoxy) is 1. The number of hydrogen-bond donors (Lipinski definition) is 1. The van der Waals surface area contributed by atoms with Crippen molar-refractivity contribution in [2.24, 2.45) is 0 Å². The molecule has 0 atom stereocenters. The summed E-state index contributed by atoms with van der Waals surface area (Å²) in [5, 5.41) is 4.76. The van der Waals surface area contributed by atoms with Crippen molar-refractivity contribution in [2.45, 2.75) is 38.2 Å². The second-order valence-corrected chi connectivity index (χ2v) is 6.67. The Morgan fingerprint density at radius 3 is 2.85 bits per heavy atom. The van der Waals surface area contributed by atoms with Crippen molar-refractivity contribution in [1.82, 2.24) is 9.97 Å². The van der Waals surface area contributed by atoms with E-state index >= 15 is 0 Å². The Hall–Kier alpha value is -0.910. The average Bonchev–Trinajstić information content (AvgIpc) is 2.80. The monoisotopic (exact) mass is 311 g/mol. The molecule has 1 aliphatic carbocycles. The molecule has 0 saturated heterocycles. The minimum Gasteiger partial charge on any atom is -0.376 e. The summed E-state index contributed by atoms with van der Waals surface area (Å²) in [5.74, 6) is 0.819. The van der Waals surface area contributed by atoms with Crippen LogP contribution in [0.2, 0.25) is 5.28 Å². The number of nitrogens with zero attached hydrogens (tertiary/aromatic N) is 2. The molecule has 0 aliphatic heterocycles. The average molecular weight is 312 g/mol. The molecule has 20 heavy (non-hydrogen) atoms. The van der Waals surface area contributed by atoms with Gasteiger partial charge in [0.15, 0.2) is 0 Å². The van der Waals surface area contributed by atoms with Gasteiger partial charge in [0.1, 0.15) is 10.6 Å². The molecule has 2 aromatic heterocycles. The predicted molar refractivity (Wildman–Crippen MR) is 83.9 cm³/mol. The van der Waals surface area contributed by atoms with E-state index in [9.17, 15) is 0 Å². The third-order valence-electron chi connectivity index (χ3n) is 4.04. The van der Waals surface area contributed by atoms with Crippen LogP contribution in [0.5, 0.6) is 0 Å². The molecule has 2 aromatic rings. The molecule has 1 N–H and O–H groups in total. The summed E-state index contributed by atoms with van der Waals surface area (Å²) in [6.45, 7) is 2.91. The van der Waals surface area contributed by atoms with Crippen molar-refractivity contribution < 1.29 is 4.74 Å². The van der Waals surface area contributed by atoms with E-state index in [1.165, 1.54) is 11.3 Å². The van der Waals surface area contributed by atoms with Crippen molar-refractivity contribution in [3.05, 3.63) is 16.2 Å². The summed E-state index contributed by atoms with van der Waals surface area (Å²) < 4.78 is 5.63. The Bertz CT molecular complexity index is 619. The summed E-state index contributed by atoms with van der Waals surface area (Å²) in [6, 6.07) is 2.15. The van der Waals surface area contributed by atoms with Gasteiger partial charge in [-0.05, 0) is 43.4 Å². The van der Waals surface area contributed by atoms with Gasteiger partial charge in [-0.2, -0.15) is 0 Å². The fourth-order valence-electron chi connectivity index (χ4n) is 2.52. The van der Waals surface area contributed by atoms with Gasteiger partial charge in [-0.3, -0.25) is 0 Å². The van der Waals surface area contributed by atoms with Gasteiger partial charge >= 0.3 is 0 Å². The van der Waals surface area contributed by atoms with Crippen LogP contribution in [-0.2, 0) is 11.2 Å². The molecule has 0 aromatic carbocycles. The topological polar surface area (TPSA) is 47.0 Å². The van der Waals surface area contributed by atoms with Crippen LogP contribution in [0.4, 0.5) is 5.82 Å². The van der Waals surface area contributed by atoms with E-state index < -0.39 is 0 Å². The van der Waals surface area contributed by atoms with Crippen LogP contribution in [0, 0.1) is 0 Å². The molecule has 0 amide bonds. The smallest absolute Gasteiger partial charge is 0.225 e. The van der Waals surface area contributed by atoms with Crippen molar-refractivity contribution in [2.75, 3.05) is 19.0 Å². The number of methoxy groups -OCH3 is 1. The van der Waals surface area contributed by atoms with E-state index in [2.05, 4.69) is 28.3 Å². The molecule has 2 heterocycles. The maximum Gasteiger partial charge on any atom is 0.225 e. The summed E-state index contributed by atoms with van der Waals surface area (Å²) in [6.07, 6.45) is 4.43. The van der Waals surface area contributed by atoms with Gasteiger partial charge in [-0.1, -0.05) is 6.92 Å². The molecule has 1 aliphatic rings. The lowest BCUT2D eigenvalue weighted by Crippen LogP contribution is -2.45. The molecule has 1 saturated carbocycles. The van der Waals surface area contributed by atoms with Crippen LogP contribution >= 0.6 is 22.9 Å². The number of aryl methyl sites for hydroxylation is 1. The fraction of sp³-hybridized carbons (Fsp3) is 0.571. The van der Waals surface area contributed by atoms with Crippen LogP contribution in [-0.4, -0.2) is 29.2 Å². The van der Waals surface area contributed by atoms with Gasteiger partial charge in [0.05, 0.1) is 11.0 Å². The molecule has 0 spiro atoms. The minimum atomic E-state index is -0.0344. The standard InChI is InChI=1S/C14H18ClN3OS/c1-3-9-7-10-11(17-13(15)18-12(10)20-9)16-8-14(19-2)5-4-6-14/h7H,3-6,8H2,1-2H3,(H,16,17,18). The molecule has 0 unspecified atom stereocenters. The normalized spacial score (nSPS) is 17.1. The Balaban J connectivity index is 1.88. The highest BCUT2D eigenvalue weighted by Crippen LogP contribution is 2.36. The Morgan fingerprint density at radius 2 is 2.25 bits per heavy atom. The first-order valence-corrected chi connectivity index (χ1v) is 8.10. The Kier molecular flexibility index (Phi) is 3.84. The molecule has 4 nitrogen and oxygen atoms in total. The zero-order valence-electron chi connectivity index (χ0n) is 11.7. The maximum atomic E-state index is 6.02. The highest BCUT2D eigenvalue weighted by Gasteiger charge is 2.36. The summed E-state index contributed by atoms with van der Waals surface area (Å²) in [7, 11) is 1.78. The van der Waals surface area contributed by atoms with Gasteiger partial charge in [0.2, 0.25) is 5.28 Å². The Labute approximate surface area is 127 Å². The molecular weight excluding hydrogens is 294 g/mol. The van der Waals surface area contributed by atoms with Crippen LogP contribution in [0.3, 0.4) is 0 Å². The van der Waals surface area contributed by atoms with Crippen LogP contribution in [0.1, 0.15) is 31.1 Å². The number of anilines is 1. The number of fused-ring (bicyclic) bond motifs is 1. The summed E-state index contributed by atoms with van der Waals surface area (Å²) >= 11 is 7.70. The second kappa shape index (κ2) is 5.47. The van der Waals surface area contributed by atoms with Gasteiger partial charge in [-0.15, -0.1) is 11.3 Å². The quantitative estimate of drug-likeness (QED) is 0.851.